The number of rotatable bonds is 4. The van der Waals surface area contributed by atoms with Crippen molar-refractivity contribution in [3.8, 4) is 5.75 Å². The van der Waals surface area contributed by atoms with E-state index >= 15 is 0 Å². The Balaban J connectivity index is 1.92. The van der Waals surface area contributed by atoms with Gasteiger partial charge >= 0.3 is 0 Å². The molecule has 0 saturated carbocycles. The summed E-state index contributed by atoms with van der Waals surface area (Å²) in [5.41, 5.74) is 0.684. The largest absolute Gasteiger partial charge is 0.495 e. The smallest absolute Gasteiger partial charge is 0.238 e. The van der Waals surface area contributed by atoms with Gasteiger partial charge in [-0.25, -0.2) is 0 Å². The molecular weight excluding hydrogens is 278 g/mol. The SMILES string of the molecule is COc1ccc(NC(=O)CN2CCNC[C@@H]2C)cc1Cl. The predicted molar refractivity (Wildman–Crippen MR) is 80.5 cm³/mol. The molecule has 0 aliphatic carbocycles. The molecule has 1 aliphatic rings. The van der Waals surface area contributed by atoms with Crippen LogP contribution in [0, 0.1) is 0 Å². The number of halogens is 1. The van der Waals surface area contributed by atoms with Crippen molar-refractivity contribution < 1.29 is 9.53 Å². The van der Waals surface area contributed by atoms with Crippen LogP contribution < -0.4 is 15.4 Å². The number of carbonyl (C=O) groups is 1. The lowest BCUT2D eigenvalue weighted by Crippen LogP contribution is -2.51. The summed E-state index contributed by atoms with van der Waals surface area (Å²) in [5, 5.41) is 6.65. The minimum absolute atomic E-state index is 0.0278. The van der Waals surface area contributed by atoms with Crippen LogP contribution in [0.1, 0.15) is 6.92 Å². The Morgan fingerprint density at radius 2 is 2.40 bits per heavy atom. The Labute approximate surface area is 124 Å². The number of ether oxygens (including phenoxy) is 1. The molecule has 0 aromatic heterocycles. The molecule has 1 fully saturated rings. The zero-order valence-electron chi connectivity index (χ0n) is 11.8. The summed E-state index contributed by atoms with van der Waals surface area (Å²) in [5.74, 6) is 0.570. The molecule has 2 rings (SSSR count). The monoisotopic (exact) mass is 297 g/mol. The van der Waals surface area contributed by atoms with E-state index in [9.17, 15) is 4.79 Å². The van der Waals surface area contributed by atoms with Gasteiger partial charge in [0.2, 0.25) is 5.91 Å². The van der Waals surface area contributed by atoms with E-state index in [1.54, 1.807) is 25.3 Å². The zero-order valence-corrected chi connectivity index (χ0v) is 12.5. The van der Waals surface area contributed by atoms with Gasteiger partial charge < -0.3 is 15.4 Å². The molecule has 6 heteroatoms. The minimum atomic E-state index is -0.0278. The van der Waals surface area contributed by atoms with Gasteiger partial charge in [0.1, 0.15) is 5.75 Å². The summed E-state index contributed by atoms with van der Waals surface area (Å²) in [7, 11) is 1.56. The molecule has 1 saturated heterocycles. The number of methoxy groups -OCH3 is 1. The number of nitrogens with zero attached hydrogens (tertiary/aromatic N) is 1. The van der Waals surface area contributed by atoms with Gasteiger partial charge in [-0.15, -0.1) is 0 Å². The van der Waals surface area contributed by atoms with Crippen LogP contribution in [0.15, 0.2) is 18.2 Å². The van der Waals surface area contributed by atoms with E-state index in [1.165, 1.54) is 0 Å². The lowest BCUT2D eigenvalue weighted by molar-refractivity contribution is -0.118. The van der Waals surface area contributed by atoms with E-state index in [0.29, 0.717) is 29.0 Å². The molecule has 0 bridgehead atoms. The summed E-state index contributed by atoms with van der Waals surface area (Å²) in [6, 6.07) is 5.59. The summed E-state index contributed by atoms with van der Waals surface area (Å²) in [4.78, 5) is 14.2. The molecule has 1 atom stereocenters. The van der Waals surface area contributed by atoms with Gasteiger partial charge in [0.15, 0.2) is 0 Å². The molecule has 5 nitrogen and oxygen atoms in total. The molecule has 110 valence electrons. The minimum Gasteiger partial charge on any atom is -0.495 e. The maximum Gasteiger partial charge on any atom is 0.238 e. The third-order valence-electron chi connectivity index (χ3n) is 3.42. The first-order valence-electron chi connectivity index (χ1n) is 6.68. The molecule has 1 aromatic carbocycles. The summed E-state index contributed by atoms with van der Waals surface area (Å²) >= 11 is 6.03. The van der Waals surface area contributed by atoms with E-state index in [0.717, 1.165) is 19.6 Å². The maximum atomic E-state index is 12.0. The molecule has 1 heterocycles. The van der Waals surface area contributed by atoms with Crippen molar-refractivity contribution in [3.05, 3.63) is 23.2 Å². The number of hydrogen-bond donors (Lipinski definition) is 2. The van der Waals surface area contributed by atoms with Gasteiger partial charge in [-0.1, -0.05) is 11.6 Å². The van der Waals surface area contributed by atoms with E-state index in [4.69, 9.17) is 16.3 Å². The van der Waals surface area contributed by atoms with Gasteiger partial charge in [0, 0.05) is 31.4 Å². The van der Waals surface area contributed by atoms with Gasteiger partial charge in [-0.2, -0.15) is 0 Å². The first kappa shape index (κ1) is 15.1. The second kappa shape index (κ2) is 6.92. The number of amides is 1. The Morgan fingerprint density at radius 1 is 1.60 bits per heavy atom. The Morgan fingerprint density at radius 3 is 3.05 bits per heavy atom. The molecule has 20 heavy (non-hydrogen) atoms. The molecular formula is C14H20ClN3O2. The highest BCUT2D eigenvalue weighted by Crippen LogP contribution is 2.27. The molecule has 1 aromatic rings. The van der Waals surface area contributed by atoms with Gasteiger partial charge in [-0.3, -0.25) is 9.69 Å². The Kier molecular flexibility index (Phi) is 5.23. The van der Waals surface area contributed by atoms with E-state index in [1.807, 2.05) is 0 Å². The Hall–Kier alpha value is -1.30. The van der Waals surface area contributed by atoms with Crippen LogP contribution in [0.5, 0.6) is 5.75 Å². The summed E-state index contributed by atoms with van der Waals surface area (Å²) in [6.45, 7) is 5.24. The molecule has 0 unspecified atom stereocenters. The standard InChI is InChI=1S/C14H20ClN3O2/c1-10-8-16-5-6-18(10)9-14(19)17-11-3-4-13(20-2)12(15)7-11/h3-4,7,10,16H,5-6,8-9H2,1-2H3,(H,17,19)/t10-/m0/s1. The second-order valence-corrected chi connectivity index (χ2v) is 5.33. The fourth-order valence-corrected chi connectivity index (χ4v) is 2.50. The topological polar surface area (TPSA) is 53.6 Å². The average Bonchev–Trinajstić information content (AvgIpc) is 2.41. The highest BCUT2D eigenvalue weighted by Gasteiger charge is 2.20. The van der Waals surface area contributed by atoms with Crippen molar-refractivity contribution in [2.45, 2.75) is 13.0 Å². The van der Waals surface area contributed by atoms with Crippen molar-refractivity contribution >= 4 is 23.2 Å². The van der Waals surface area contributed by atoms with Crippen molar-refractivity contribution in [1.82, 2.24) is 10.2 Å². The van der Waals surface area contributed by atoms with Crippen LogP contribution >= 0.6 is 11.6 Å². The predicted octanol–water partition coefficient (Wildman–Crippen LogP) is 1.58. The number of benzene rings is 1. The van der Waals surface area contributed by atoms with Crippen molar-refractivity contribution in [2.24, 2.45) is 0 Å². The van der Waals surface area contributed by atoms with Crippen molar-refractivity contribution in [1.29, 1.82) is 0 Å². The number of carbonyl (C=O) groups excluding carboxylic acids is 1. The lowest BCUT2D eigenvalue weighted by Gasteiger charge is -2.33. The number of hydrogen-bond acceptors (Lipinski definition) is 4. The fraction of sp³-hybridized carbons (Fsp3) is 0.500. The highest BCUT2D eigenvalue weighted by atomic mass is 35.5. The van der Waals surface area contributed by atoms with E-state index < -0.39 is 0 Å². The summed E-state index contributed by atoms with van der Waals surface area (Å²) < 4.78 is 5.08. The summed E-state index contributed by atoms with van der Waals surface area (Å²) in [6.07, 6.45) is 0. The second-order valence-electron chi connectivity index (χ2n) is 4.92. The van der Waals surface area contributed by atoms with Gasteiger partial charge in [0.25, 0.3) is 0 Å². The maximum absolute atomic E-state index is 12.0. The molecule has 1 aliphatic heterocycles. The first-order valence-corrected chi connectivity index (χ1v) is 7.06. The van der Waals surface area contributed by atoms with Crippen LogP contribution in [0.2, 0.25) is 5.02 Å². The van der Waals surface area contributed by atoms with Gasteiger partial charge in [0.05, 0.1) is 18.7 Å². The van der Waals surface area contributed by atoms with Crippen LogP contribution in [0.4, 0.5) is 5.69 Å². The molecule has 1 amide bonds. The first-order chi connectivity index (χ1) is 9.60. The normalized spacial score (nSPS) is 19.6. The van der Waals surface area contributed by atoms with Crippen LogP contribution in [-0.4, -0.2) is 50.1 Å². The average molecular weight is 298 g/mol. The fourth-order valence-electron chi connectivity index (χ4n) is 2.25. The van der Waals surface area contributed by atoms with E-state index in [-0.39, 0.29) is 5.91 Å². The number of nitrogens with one attached hydrogen (secondary N) is 2. The lowest BCUT2D eigenvalue weighted by atomic mass is 10.2. The highest BCUT2D eigenvalue weighted by molar-refractivity contribution is 6.32. The number of piperazine rings is 1. The molecule has 0 radical (unpaired) electrons. The quantitative estimate of drug-likeness (QED) is 0.886. The van der Waals surface area contributed by atoms with Crippen LogP contribution in [0.25, 0.3) is 0 Å². The van der Waals surface area contributed by atoms with Gasteiger partial charge in [-0.05, 0) is 25.1 Å². The van der Waals surface area contributed by atoms with Crippen molar-refractivity contribution in [3.63, 3.8) is 0 Å². The number of anilines is 1. The Bertz CT molecular complexity index is 481. The van der Waals surface area contributed by atoms with Crippen molar-refractivity contribution in [2.75, 3.05) is 38.6 Å². The third-order valence-corrected chi connectivity index (χ3v) is 3.72. The van der Waals surface area contributed by atoms with Crippen LogP contribution in [0.3, 0.4) is 0 Å². The zero-order chi connectivity index (χ0) is 14.5. The van der Waals surface area contributed by atoms with E-state index in [2.05, 4.69) is 22.5 Å². The molecule has 0 spiro atoms. The third kappa shape index (κ3) is 3.85. The molecule has 2 N–H and O–H groups in total. The van der Waals surface area contributed by atoms with Crippen LogP contribution in [-0.2, 0) is 4.79 Å².